The van der Waals surface area contributed by atoms with Gasteiger partial charge in [0, 0.05) is 24.0 Å². The summed E-state index contributed by atoms with van der Waals surface area (Å²) in [5, 5.41) is 10.9. The van der Waals surface area contributed by atoms with E-state index in [1.54, 1.807) is 38.1 Å². The molecule has 0 unspecified atom stereocenters. The number of rotatable bonds is 6. The topological polar surface area (TPSA) is 110 Å². The molecule has 164 valence electrons. The number of carbonyl (C=O) groups is 1. The summed E-state index contributed by atoms with van der Waals surface area (Å²) < 4.78 is 40.7. The average Bonchev–Trinajstić information content (AvgIpc) is 3.14. The van der Waals surface area contributed by atoms with Crippen LogP contribution in [-0.2, 0) is 12.7 Å². The molecule has 12 heteroatoms. The Balaban J connectivity index is 1.87. The summed E-state index contributed by atoms with van der Waals surface area (Å²) in [5.41, 5.74) is 5.22. The first-order valence-electron chi connectivity index (χ1n) is 9.01. The molecular formula is C19H18ClF3N6O2. The Kier molecular flexibility index (Phi) is 6.18. The fourth-order valence-corrected chi connectivity index (χ4v) is 3.00. The number of nitrogens with two attached hydrogens (primary N) is 1. The van der Waals surface area contributed by atoms with E-state index in [1.165, 1.54) is 4.57 Å². The molecule has 1 amide bonds. The molecular weight excluding hydrogens is 437 g/mol. The number of hydrogen-bond donors (Lipinski definition) is 2. The lowest BCUT2D eigenvalue weighted by molar-refractivity contribution is -0.140. The van der Waals surface area contributed by atoms with Crippen LogP contribution in [-0.4, -0.2) is 30.6 Å². The first-order valence-corrected chi connectivity index (χ1v) is 9.39. The monoisotopic (exact) mass is 454 g/mol. The highest BCUT2D eigenvalue weighted by Crippen LogP contribution is 2.32. The van der Waals surface area contributed by atoms with Gasteiger partial charge in [0.05, 0.1) is 6.54 Å². The van der Waals surface area contributed by atoms with Gasteiger partial charge in [0.15, 0.2) is 11.5 Å². The number of carbonyl (C=O) groups excluding carboxylic acids is 1. The van der Waals surface area contributed by atoms with Crippen molar-refractivity contribution in [2.75, 3.05) is 5.06 Å². The minimum absolute atomic E-state index is 0.0969. The molecule has 31 heavy (non-hydrogen) atoms. The zero-order chi connectivity index (χ0) is 22.9. The predicted octanol–water partition coefficient (Wildman–Crippen LogP) is 4.09. The first kappa shape index (κ1) is 22.5. The van der Waals surface area contributed by atoms with Crippen molar-refractivity contribution in [2.45, 2.75) is 32.6 Å². The third kappa shape index (κ3) is 4.94. The van der Waals surface area contributed by atoms with E-state index in [1.807, 2.05) is 0 Å². The second kappa shape index (κ2) is 8.52. The second-order valence-corrected chi connectivity index (χ2v) is 7.28. The Hall–Kier alpha value is -3.18. The molecule has 0 atom stereocenters. The number of anilines is 1. The summed E-state index contributed by atoms with van der Waals surface area (Å²) in [6.07, 6.45) is -2.47. The highest BCUT2D eigenvalue weighted by atomic mass is 35.5. The van der Waals surface area contributed by atoms with Crippen LogP contribution in [0.2, 0.25) is 5.28 Å². The number of imidazole rings is 1. The van der Waals surface area contributed by atoms with Crippen LogP contribution in [0.4, 0.5) is 19.0 Å². The number of aromatic nitrogens is 4. The highest BCUT2D eigenvalue weighted by molar-refractivity contribution is 6.28. The number of primary amides is 1. The Morgan fingerprint density at radius 2 is 1.90 bits per heavy atom. The van der Waals surface area contributed by atoms with Crippen LogP contribution >= 0.6 is 11.6 Å². The van der Waals surface area contributed by atoms with Gasteiger partial charge < -0.3 is 10.3 Å². The molecule has 0 aliphatic carbocycles. The van der Waals surface area contributed by atoms with Gasteiger partial charge in [-0.2, -0.15) is 18.2 Å². The molecule has 2 heterocycles. The van der Waals surface area contributed by atoms with E-state index in [2.05, 4.69) is 15.0 Å². The van der Waals surface area contributed by atoms with Crippen LogP contribution in [0.1, 0.15) is 41.5 Å². The number of halogens is 4. The van der Waals surface area contributed by atoms with E-state index in [0.29, 0.717) is 16.2 Å². The summed E-state index contributed by atoms with van der Waals surface area (Å²) in [6.45, 7) is 3.42. The van der Waals surface area contributed by atoms with E-state index in [9.17, 15) is 23.2 Å². The molecule has 0 bridgehead atoms. The number of amides is 1. The number of hydroxylamine groups is 1. The largest absolute Gasteiger partial charge is 0.434 e. The van der Waals surface area contributed by atoms with Crippen LogP contribution in [0, 0.1) is 0 Å². The maximum absolute atomic E-state index is 13.1. The zero-order valence-corrected chi connectivity index (χ0v) is 17.2. The first-order chi connectivity index (χ1) is 14.5. The molecule has 2 aromatic heterocycles. The van der Waals surface area contributed by atoms with E-state index >= 15 is 0 Å². The van der Waals surface area contributed by atoms with Gasteiger partial charge >= 0.3 is 6.18 Å². The van der Waals surface area contributed by atoms with Gasteiger partial charge in [0.1, 0.15) is 11.4 Å². The molecule has 0 spiro atoms. The van der Waals surface area contributed by atoms with Gasteiger partial charge in [-0.1, -0.05) is 24.3 Å². The molecule has 0 fully saturated rings. The quantitative estimate of drug-likeness (QED) is 0.429. The van der Waals surface area contributed by atoms with Crippen LogP contribution in [0.15, 0.2) is 36.7 Å². The summed E-state index contributed by atoms with van der Waals surface area (Å²) in [7, 11) is 0. The van der Waals surface area contributed by atoms with Crippen molar-refractivity contribution in [1.82, 2.24) is 19.5 Å². The lowest BCUT2D eigenvalue weighted by Crippen LogP contribution is -2.24. The van der Waals surface area contributed by atoms with Crippen molar-refractivity contribution in [3.8, 4) is 11.4 Å². The summed E-state index contributed by atoms with van der Waals surface area (Å²) >= 11 is 5.73. The predicted molar refractivity (Wildman–Crippen MR) is 107 cm³/mol. The smallest absolute Gasteiger partial charge is 0.365 e. The van der Waals surface area contributed by atoms with E-state index in [4.69, 9.17) is 17.3 Å². The third-order valence-corrected chi connectivity index (χ3v) is 4.55. The van der Waals surface area contributed by atoms with E-state index in [-0.39, 0.29) is 35.1 Å². The fraction of sp³-hybridized carbons (Fsp3) is 0.263. The Labute approximate surface area is 180 Å². The van der Waals surface area contributed by atoms with Gasteiger partial charge in [-0.05, 0) is 31.0 Å². The SMILES string of the molecule is CC(C)n1cc(C(F)(F)F)nc1-c1ccc(CN(O)c2nc(Cl)ncc2C(N)=O)cc1. The van der Waals surface area contributed by atoms with Gasteiger partial charge in [-0.25, -0.2) is 15.0 Å². The number of alkyl halides is 3. The zero-order valence-electron chi connectivity index (χ0n) is 16.4. The summed E-state index contributed by atoms with van der Waals surface area (Å²) in [6, 6.07) is 6.16. The number of benzene rings is 1. The fourth-order valence-electron chi connectivity index (χ4n) is 2.87. The number of nitrogens with zero attached hydrogens (tertiary/aromatic N) is 5. The molecule has 0 aliphatic heterocycles. The van der Waals surface area contributed by atoms with Gasteiger partial charge in [0.25, 0.3) is 5.91 Å². The normalized spacial score (nSPS) is 11.7. The van der Waals surface area contributed by atoms with E-state index in [0.717, 1.165) is 12.4 Å². The van der Waals surface area contributed by atoms with Crippen LogP contribution in [0.25, 0.3) is 11.4 Å². The lowest BCUT2D eigenvalue weighted by atomic mass is 10.1. The van der Waals surface area contributed by atoms with E-state index < -0.39 is 17.8 Å². The molecule has 0 radical (unpaired) electrons. The van der Waals surface area contributed by atoms with Crippen LogP contribution < -0.4 is 10.8 Å². The van der Waals surface area contributed by atoms with Crippen molar-refractivity contribution in [1.29, 1.82) is 0 Å². The molecule has 1 aromatic carbocycles. The Bertz CT molecular complexity index is 1100. The molecule has 0 saturated heterocycles. The van der Waals surface area contributed by atoms with Crippen LogP contribution in [0.3, 0.4) is 0 Å². The molecule has 0 saturated carbocycles. The molecule has 8 nitrogen and oxygen atoms in total. The maximum atomic E-state index is 13.1. The third-order valence-electron chi connectivity index (χ3n) is 4.37. The van der Waals surface area contributed by atoms with Crippen molar-refractivity contribution < 1.29 is 23.2 Å². The second-order valence-electron chi connectivity index (χ2n) is 6.94. The van der Waals surface area contributed by atoms with Gasteiger partial charge in [0.2, 0.25) is 5.28 Å². The molecule has 3 N–H and O–H groups in total. The van der Waals surface area contributed by atoms with Gasteiger partial charge in [-0.3, -0.25) is 10.0 Å². The van der Waals surface area contributed by atoms with Crippen molar-refractivity contribution in [3.63, 3.8) is 0 Å². The molecule has 0 aliphatic rings. The van der Waals surface area contributed by atoms with Crippen LogP contribution in [0.5, 0.6) is 0 Å². The minimum Gasteiger partial charge on any atom is -0.365 e. The standard InChI is InChI=1S/C19H18ClF3N6O2/c1-10(2)28-9-14(19(21,22)23)26-16(28)12-5-3-11(4-6-12)8-29(31)17-13(15(24)30)7-25-18(20)27-17/h3-7,9-10,31H,8H2,1-2H3,(H2,24,30). The Morgan fingerprint density at radius 1 is 1.26 bits per heavy atom. The van der Waals surface area contributed by atoms with Crippen molar-refractivity contribution >= 4 is 23.3 Å². The van der Waals surface area contributed by atoms with Gasteiger partial charge in [-0.15, -0.1) is 0 Å². The summed E-state index contributed by atoms with van der Waals surface area (Å²) in [5.74, 6) is -0.836. The highest BCUT2D eigenvalue weighted by Gasteiger charge is 2.35. The Morgan fingerprint density at radius 3 is 2.45 bits per heavy atom. The average molecular weight is 455 g/mol. The number of hydrogen-bond acceptors (Lipinski definition) is 6. The maximum Gasteiger partial charge on any atom is 0.434 e. The molecule has 3 rings (SSSR count). The lowest BCUT2D eigenvalue weighted by Gasteiger charge is -2.18. The minimum atomic E-state index is -4.55. The van der Waals surface area contributed by atoms with Crippen molar-refractivity contribution in [2.24, 2.45) is 5.73 Å². The molecule has 3 aromatic rings. The summed E-state index contributed by atoms with van der Waals surface area (Å²) in [4.78, 5) is 22.8. The van der Waals surface area contributed by atoms with Crippen molar-refractivity contribution in [3.05, 3.63) is 58.8 Å².